The van der Waals surface area contributed by atoms with Gasteiger partial charge >= 0.3 is 0 Å². The molecule has 172 valence electrons. The van der Waals surface area contributed by atoms with Crippen molar-refractivity contribution in [2.75, 3.05) is 6.61 Å². The van der Waals surface area contributed by atoms with Gasteiger partial charge in [0.2, 0.25) is 0 Å². The Morgan fingerprint density at radius 2 is 1.29 bits per heavy atom. The standard InChI is InChI=1S/C30H26N4O/c1-22-31-26-11-5-7-13-28(26)33(22)19-20-35-25-17-15-24(16-18-25)30-32-27-12-6-8-14-29(27)34(30)21-23-9-3-2-4-10-23/h2-18H,19-21H2,1H3. The Bertz CT molecular complexity index is 1600. The highest BCUT2D eigenvalue weighted by molar-refractivity contribution is 5.81. The van der Waals surface area contributed by atoms with Crippen molar-refractivity contribution in [2.45, 2.75) is 20.0 Å². The van der Waals surface area contributed by atoms with E-state index in [0.29, 0.717) is 6.61 Å². The molecular formula is C30H26N4O. The van der Waals surface area contributed by atoms with E-state index in [1.165, 1.54) is 5.56 Å². The Kier molecular flexibility index (Phi) is 5.51. The fraction of sp³-hybridized carbons (Fsp3) is 0.133. The molecule has 0 N–H and O–H groups in total. The molecular weight excluding hydrogens is 432 g/mol. The average Bonchev–Trinajstić information content (AvgIpc) is 3.42. The number of nitrogens with zero attached hydrogens (tertiary/aromatic N) is 4. The lowest BCUT2D eigenvalue weighted by atomic mass is 10.2. The number of rotatable bonds is 7. The van der Waals surface area contributed by atoms with Gasteiger partial charge in [-0.1, -0.05) is 54.6 Å². The SMILES string of the molecule is Cc1nc2ccccc2n1CCOc1ccc(-c2nc3ccccc3n2Cc2ccccc2)cc1. The number of hydrogen-bond donors (Lipinski definition) is 0. The Morgan fingerprint density at radius 3 is 2.03 bits per heavy atom. The van der Waals surface area contributed by atoms with Gasteiger partial charge in [-0.25, -0.2) is 9.97 Å². The van der Waals surface area contributed by atoms with E-state index < -0.39 is 0 Å². The summed E-state index contributed by atoms with van der Waals surface area (Å²) in [6, 6.07) is 35.3. The van der Waals surface area contributed by atoms with Crippen LogP contribution < -0.4 is 4.74 Å². The lowest BCUT2D eigenvalue weighted by Gasteiger charge is -2.11. The van der Waals surface area contributed by atoms with E-state index >= 15 is 0 Å². The summed E-state index contributed by atoms with van der Waals surface area (Å²) >= 11 is 0. The quantitative estimate of drug-likeness (QED) is 0.275. The summed E-state index contributed by atoms with van der Waals surface area (Å²) in [6.07, 6.45) is 0. The van der Waals surface area contributed by atoms with Gasteiger partial charge in [-0.15, -0.1) is 0 Å². The zero-order valence-corrected chi connectivity index (χ0v) is 19.6. The van der Waals surface area contributed by atoms with Gasteiger partial charge in [-0.2, -0.15) is 0 Å². The first-order chi connectivity index (χ1) is 17.3. The van der Waals surface area contributed by atoms with Gasteiger partial charge in [0.25, 0.3) is 0 Å². The van der Waals surface area contributed by atoms with Crippen LogP contribution in [0.4, 0.5) is 0 Å². The molecule has 2 aromatic heterocycles. The Labute approximate surface area is 204 Å². The van der Waals surface area contributed by atoms with Crippen LogP contribution in [0.5, 0.6) is 5.75 Å². The van der Waals surface area contributed by atoms with Crippen LogP contribution in [0, 0.1) is 6.92 Å². The van der Waals surface area contributed by atoms with Crippen LogP contribution in [0.25, 0.3) is 33.5 Å². The molecule has 6 rings (SSSR count). The summed E-state index contributed by atoms with van der Waals surface area (Å²) < 4.78 is 10.6. The number of hydrogen-bond acceptors (Lipinski definition) is 3. The van der Waals surface area contributed by atoms with Crippen LogP contribution in [0.3, 0.4) is 0 Å². The second-order valence-electron chi connectivity index (χ2n) is 8.67. The molecule has 0 aliphatic carbocycles. The highest BCUT2D eigenvalue weighted by Gasteiger charge is 2.13. The third kappa shape index (κ3) is 4.17. The summed E-state index contributed by atoms with van der Waals surface area (Å²) in [7, 11) is 0. The molecule has 35 heavy (non-hydrogen) atoms. The second-order valence-corrected chi connectivity index (χ2v) is 8.67. The van der Waals surface area contributed by atoms with Gasteiger partial charge in [-0.3, -0.25) is 0 Å². The van der Waals surface area contributed by atoms with E-state index in [0.717, 1.165) is 58.1 Å². The molecule has 0 aliphatic rings. The molecule has 0 radical (unpaired) electrons. The fourth-order valence-corrected chi connectivity index (χ4v) is 4.66. The first kappa shape index (κ1) is 21.2. The Hall–Kier alpha value is -4.38. The molecule has 0 saturated carbocycles. The number of para-hydroxylation sites is 4. The molecule has 4 aromatic carbocycles. The minimum atomic E-state index is 0.576. The second kappa shape index (κ2) is 9.11. The summed E-state index contributed by atoms with van der Waals surface area (Å²) in [6.45, 7) is 4.14. The summed E-state index contributed by atoms with van der Waals surface area (Å²) in [5.41, 5.74) is 6.62. The normalized spacial score (nSPS) is 11.3. The van der Waals surface area contributed by atoms with Crippen molar-refractivity contribution in [3.05, 3.63) is 115 Å². The molecule has 0 amide bonds. The topological polar surface area (TPSA) is 44.9 Å². The van der Waals surface area contributed by atoms with Crippen molar-refractivity contribution < 1.29 is 4.74 Å². The van der Waals surface area contributed by atoms with Crippen molar-refractivity contribution in [1.29, 1.82) is 0 Å². The van der Waals surface area contributed by atoms with Crippen molar-refractivity contribution in [3.8, 4) is 17.1 Å². The molecule has 0 bridgehead atoms. The molecule has 5 heteroatoms. The predicted octanol–water partition coefficient (Wildman–Crippen LogP) is 6.49. The number of benzene rings is 4. The average molecular weight is 459 g/mol. The smallest absolute Gasteiger partial charge is 0.141 e. The first-order valence-electron chi connectivity index (χ1n) is 11.9. The van der Waals surface area contributed by atoms with Crippen molar-refractivity contribution in [2.24, 2.45) is 0 Å². The van der Waals surface area contributed by atoms with Gasteiger partial charge in [0, 0.05) is 12.1 Å². The van der Waals surface area contributed by atoms with Gasteiger partial charge in [0.1, 0.15) is 24.0 Å². The van der Waals surface area contributed by atoms with E-state index in [2.05, 4.69) is 74.8 Å². The van der Waals surface area contributed by atoms with Crippen LogP contribution >= 0.6 is 0 Å². The lowest BCUT2D eigenvalue weighted by molar-refractivity contribution is 0.299. The number of ether oxygens (including phenoxy) is 1. The van der Waals surface area contributed by atoms with Crippen molar-refractivity contribution >= 4 is 22.1 Å². The molecule has 0 unspecified atom stereocenters. The van der Waals surface area contributed by atoms with E-state index in [-0.39, 0.29) is 0 Å². The van der Waals surface area contributed by atoms with Crippen LogP contribution in [0.1, 0.15) is 11.4 Å². The number of aryl methyl sites for hydroxylation is 1. The molecule has 2 heterocycles. The molecule has 0 spiro atoms. The Morgan fingerprint density at radius 1 is 0.657 bits per heavy atom. The minimum Gasteiger partial charge on any atom is -0.492 e. The zero-order valence-electron chi connectivity index (χ0n) is 19.6. The summed E-state index contributed by atoms with van der Waals surface area (Å²) in [5, 5.41) is 0. The predicted molar refractivity (Wildman–Crippen MR) is 141 cm³/mol. The highest BCUT2D eigenvalue weighted by atomic mass is 16.5. The highest BCUT2D eigenvalue weighted by Crippen LogP contribution is 2.27. The fourth-order valence-electron chi connectivity index (χ4n) is 4.66. The number of fused-ring (bicyclic) bond motifs is 2. The Balaban J connectivity index is 1.22. The van der Waals surface area contributed by atoms with E-state index in [1.54, 1.807) is 0 Å². The molecule has 6 aromatic rings. The number of imidazole rings is 2. The third-order valence-electron chi connectivity index (χ3n) is 6.38. The van der Waals surface area contributed by atoms with Gasteiger partial charge in [0.05, 0.1) is 28.6 Å². The lowest BCUT2D eigenvalue weighted by Crippen LogP contribution is -2.09. The molecule has 0 atom stereocenters. The van der Waals surface area contributed by atoms with Crippen LogP contribution in [0.15, 0.2) is 103 Å². The van der Waals surface area contributed by atoms with Crippen molar-refractivity contribution in [1.82, 2.24) is 19.1 Å². The van der Waals surface area contributed by atoms with Crippen molar-refractivity contribution in [3.63, 3.8) is 0 Å². The molecule has 0 saturated heterocycles. The van der Waals surface area contributed by atoms with Gasteiger partial charge in [-0.05, 0) is 61.0 Å². The minimum absolute atomic E-state index is 0.576. The van der Waals surface area contributed by atoms with Gasteiger partial charge < -0.3 is 13.9 Å². The number of aromatic nitrogens is 4. The largest absolute Gasteiger partial charge is 0.492 e. The molecule has 0 fully saturated rings. The van der Waals surface area contributed by atoms with E-state index in [4.69, 9.17) is 9.72 Å². The maximum absolute atomic E-state index is 6.08. The van der Waals surface area contributed by atoms with E-state index in [1.807, 2.05) is 49.4 Å². The van der Waals surface area contributed by atoms with Crippen LogP contribution in [-0.4, -0.2) is 25.7 Å². The van der Waals surface area contributed by atoms with Crippen LogP contribution in [0.2, 0.25) is 0 Å². The maximum Gasteiger partial charge on any atom is 0.141 e. The van der Waals surface area contributed by atoms with Crippen LogP contribution in [-0.2, 0) is 13.1 Å². The maximum atomic E-state index is 6.08. The summed E-state index contributed by atoms with van der Waals surface area (Å²) in [5.74, 6) is 2.81. The summed E-state index contributed by atoms with van der Waals surface area (Å²) in [4.78, 5) is 9.59. The molecule has 0 aliphatic heterocycles. The monoisotopic (exact) mass is 458 g/mol. The first-order valence-corrected chi connectivity index (χ1v) is 11.9. The van der Waals surface area contributed by atoms with E-state index in [9.17, 15) is 0 Å². The molecule has 5 nitrogen and oxygen atoms in total. The third-order valence-corrected chi connectivity index (χ3v) is 6.38. The van der Waals surface area contributed by atoms with Gasteiger partial charge in [0.15, 0.2) is 0 Å². The zero-order chi connectivity index (χ0) is 23.6.